The molecule has 4 atom stereocenters. The highest BCUT2D eigenvalue weighted by molar-refractivity contribution is 5.79. The highest BCUT2D eigenvalue weighted by atomic mass is 16.5. The minimum absolute atomic E-state index is 0.0182. The highest BCUT2D eigenvalue weighted by Gasteiger charge is 2.28. The number of fused-ring (bicyclic) bond motifs is 2. The fraction of sp³-hybridized carbons (Fsp3) is 0.647. The van der Waals surface area contributed by atoms with Crippen LogP contribution in [0.3, 0.4) is 0 Å². The van der Waals surface area contributed by atoms with Crippen LogP contribution in [0.1, 0.15) is 172 Å². The summed E-state index contributed by atoms with van der Waals surface area (Å²) in [5.41, 5.74) is 1.43. The van der Waals surface area contributed by atoms with E-state index < -0.39 is 0 Å². The van der Waals surface area contributed by atoms with Crippen LogP contribution in [0, 0.1) is 0 Å². The van der Waals surface area contributed by atoms with Crippen LogP contribution in [0.4, 0.5) is 0 Å². The van der Waals surface area contributed by atoms with E-state index in [0.29, 0.717) is 46.4 Å². The molecule has 2 aromatic carbocycles. The van der Waals surface area contributed by atoms with Crippen LogP contribution in [0.2, 0.25) is 0 Å². The van der Waals surface area contributed by atoms with Gasteiger partial charge in [-0.05, 0) is 107 Å². The summed E-state index contributed by atoms with van der Waals surface area (Å²) in [6.45, 7) is 7.92. The van der Waals surface area contributed by atoms with Gasteiger partial charge in [-0.3, -0.25) is 9.59 Å². The van der Waals surface area contributed by atoms with Gasteiger partial charge in [0.05, 0.1) is 17.4 Å². The van der Waals surface area contributed by atoms with Crippen molar-refractivity contribution in [3.63, 3.8) is 0 Å². The molecule has 2 saturated heterocycles. The van der Waals surface area contributed by atoms with Crippen molar-refractivity contribution in [2.45, 2.75) is 185 Å². The summed E-state index contributed by atoms with van der Waals surface area (Å²) in [5.74, 6) is 3.99. The zero-order valence-corrected chi connectivity index (χ0v) is 36.6. The lowest BCUT2D eigenvalue weighted by Crippen LogP contribution is -2.47. The summed E-state index contributed by atoms with van der Waals surface area (Å²) in [6, 6.07) is 15.3. The molecule has 0 bridgehead atoms. The van der Waals surface area contributed by atoms with Crippen molar-refractivity contribution >= 4 is 21.9 Å². The first kappa shape index (κ1) is 44.4. The average Bonchev–Trinajstić information content (AvgIpc) is 3.30. The molecule has 328 valence electrons. The minimum atomic E-state index is -0.0182. The van der Waals surface area contributed by atoms with Crippen LogP contribution < -0.4 is 31.0 Å². The summed E-state index contributed by atoms with van der Waals surface area (Å²) >= 11 is 0. The Hall–Kier alpha value is -3.66. The molecule has 4 heterocycles. The van der Waals surface area contributed by atoms with Gasteiger partial charge in [0.15, 0.2) is 10.9 Å². The monoisotopic (exact) mass is 825 g/mol. The first-order valence-electron chi connectivity index (χ1n) is 24.0. The third kappa shape index (κ3) is 12.3. The summed E-state index contributed by atoms with van der Waals surface area (Å²) in [7, 11) is 0. The first-order valence-corrected chi connectivity index (χ1v) is 24.0. The smallest absolute Gasteiger partial charge is 0.193 e. The molecule has 2 aliphatic carbocycles. The molecule has 2 saturated carbocycles. The third-order valence-electron chi connectivity index (χ3n) is 13.4. The van der Waals surface area contributed by atoms with Gasteiger partial charge in [-0.2, -0.15) is 0 Å². The maximum atomic E-state index is 12.9. The van der Waals surface area contributed by atoms with Gasteiger partial charge < -0.3 is 33.7 Å². The van der Waals surface area contributed by atoms with Crippen molar-refractivity contribution in [1.82, 2.24) is 10.6 Å². The van der Waals surface area contributed by atoms with Crippen molar-refractivity contribution in [3.8, 4) is 11.5 Å². The lowest BCUT2D eigenvalue weighted by atomic mass is 9.87. The lowest BCUT2D eigenvalue weighted by molar-refractivity contribution is -0.0450. The SMILES string of the molecule is CCCCCC(Oc1ccc2oc(C3CCCCC3)cc(=O)c2c1)C1CCCCN1.CCCCCC(Oc1ccc2oc(C3CCCCC3)cc(=O)c2c1)C1CNCCO1. The van der Waals surface area contributed by atoms with Gasteiger partial charge in [0.1, 0.15) is 52.5 Å². The maximum absolute atomic E-state index is 12.9. The van der Waals surface area contributed by atoms with Crippen molar-refractivity contribution in [3.05, 3.63) is 80.5 Å². The fourth-order valence-corrected chi connectivity index (χ4v) is 9.86. The van der Waals surface area contributed by atoms with E-state index in [1.165, 1.54) is 83.5 Å². The number of hydrogen-bond donors (Lipinski definition) is 2. The summed E-state index contributed by atoms with van der Waals surface area (Å²) in [4.78, 5) is 25.7. The van der Waals surface area contributed by atoms with Crippen LogP contribution in [-0.4, -0.2) is 50.6 Å². The molecule has 9 heteroatoms. The number of hydrogen-bond acceptors (Lipinski definition) is 9. The second-order valence-electron chi connectivity index (χ2n) is 18.0. The Kier molecular flexibility index (Phi) is 17.0. The summed E-state index contributed by atoms with van der Waals surface area (Å²) < 4.78 is 31.1. The van der Waals surface area contributed by atoms with E-state index in [0.717, 1.165) is 94.0 Å². The van der Waals surface area contributed by atoms with Gasteiger partial charge in [-0.15, -0.1) is 0 Å². The number of piperidine rings is 1. The highest BCUT2D eigenvalue weighted by Crippen LogP contribution is 2.35. The van der Waals surface area contributed by atoms with Gasteiger partial charge in [0.25, 0.3) is 0 Å². The standard InChI is InChI=1S/C26H37NO3.C25H35NO4/c1-2-3-5-13-25(22-12-8-9-16-27-22)29-20-14-15-24-21(17-20)23(28)18-26(30-24)19-10-6-4-7-11-19;1-2-3-5-10-23(25-17-26-13-14-28-25)29-19-11-12-22-20(15-19)21(27)16-24(30-22)18-8-6-4-7-9-18/h14-15,17-19,22,25,27H,2-13,16H2,1H3;11-12,15-16,18,23,25-26H,2-10,13-14,17H2,1H3. The molecule has 4 aliphatic rings. The van der Waals surface area contributed by atoms with Crippen LogP contribution in [-0.2, 0) is 4.74 Å². The Labute approximate surface area is 357 Å². The molecule has 0 radical (unpaired) electrons. The van der Waals surface area contributed by atoms with Gasteiger partial charge in [-0.25, -0.2) is 0 Å². The van der Waals surface area contributed by atoms with E-state index in [1.54, 1.807) is 12.1 Å². The Balaban J connectivity index is 0.000000181. The molecule has 9 nitrogen and oxygen atoms in total. The van der Waals surface area contributed by atoms with Crippen LogP contribution in [0.5, 0.6) is 11.5 Å². The molecule has 0 amide bonds. The summed E-state index contributed by atoms with van der Waals surface area (Å²) in [6.07, 6.45) is 24.9. The predicted molar refractivity (Wildman–Crippen MR) is 242 cm³/mol. The molecule has 4 aromatic rings. The van der Waals surface area contributed by atoms with E-state index in [4.69, 9.17) is 23.0 Å². The molecule has 4 unspecified atom stereocenters. The van der Waals surface area contributed by atoms with Crippen molar-refractivity contribution in [2.24, 2.45) is 0 Å². The zero-order valence-electron chi connectivity index (χ0n) is 36.6. The van der Waals surface area contributed by atoms with E-state index in [1.807, 2.05) is 36.4 Å². The van der Waals surface area contributed by atoms with Crippen molar-refractivity contribution in [2.75, 3.05) is 26.2 Å². The van der Waals surface area contributed by atoms with E-state index >= 15 is 0 Å². The van der Waals surface area contributed by atoms with Crippen LogP contribution >= 0.6 is 0 Å². The zero-order chi connectivity index (χ0) is 41.5. The third-order valence-corrected chi connectivity index (χ3v) is 13.4. The molecular weight excluding hydrogens is 753 g/mol. The average molecular weight is 825 g/mol. The van der Waals surface area contributed by atoms with Gasteiger partial charge in [0, 0.05) is 43.1 Å². The quantitative estimate of drug-likeness (QED) is 0.107. The van der Waals surface area contributed by atoms with Gasteiger partial charge in [0.2, 0.25) is 0 Å². The second kappa shape index (κ2) is 23.0. The normalized spacial score (nSPS) is 21.6. The van der Waals surface area contributed by atoms with Crippen molar-refractivity contribution < 1.29 is 23.0 Å². The molecule has 60 heavy (non-hydrogen) atoms. The van der Waals surface area contributed by atoms with E-state index in [-0.39, 0.29) is 29.2 Å². The maximum Gasteiger partial charge on any atom is 0.193 e. The molecule has 2 aliphatic heterocycles. The van der Waals surface area contributed by atoms with E-state index in [2.05, 4.69) is 24.5 Å². The molecule has 2 N–H and O–H groups in total. The second-order valence-corrected chi connectivity index (χ2v) is 18.0. The lowest BCUT2D eigenvalue weighted by Gasteiger charge is -2.32. The van der Waals surface area contributed by atoms with E-state index in [9.17, 15) is 9.59 Å². The Morgan fingerprint density at radius 1 is 0.617 bits per heavy atom. The minimum Gasteiger partial charge on any atom is -0.489 e. The number of benzene rings is 2. The number of morpholine rings is 1. The number of nitrogens with one attached hydrogen (secondary N) is 2. The fourth-order valence-electron chi connectivity index (χ4n) is 9.86. The molecule has 8 rings (SSSR count). The molecule has 2 aromatic heterocycles. The van der Waals surface area contributed by atoms with Crippen LogP contribution in [0.25, 0.3) is 21.9 Å². The Bertz CT molecular complexity index is 1870. The number of unbranched alkanes of at least 4 members (excludes halogenated alkanes) is 4. The Morgan fingerprint density at radius 2 is 1.15 bits per heavy atom. The molecule has 4 fully saturated rings. The largest absolute Gasteiger partial charge is 0.489 e. The molecule has 0 spiro atoms. The first-order chi connectivity index (χ1) is 29.5. The molecular formula is C51H72N2O7. The summed E-state index contributed by atoms with van der Waals surface area (Å²) in [5, 5.41) is 8.29. The van der Waals surface area contributed by atoms with Gasteiger partial charge in [-0.1, -0.05) is 84.5 Å². The number of rotatable bonds is 16. The Morgan fingerprint density at radius 3 is 1.65 bits per heavy atom. The number of ether oxygens (including phenoxy) is 3. The van der Waals surface area contributed by atoms with Gasteiger partial charge >= 0.3 is 0 Å². The van der Waals surface area contributed by atoms with Crippen LogP contribution in [0.15, 0.2) is 67.0 Å². The predicted octanol–water partition coefficient (Wildman–Crippen LogP) is 11.5. The topological polar surface area (TPSA) is 112 Å². The van der Waals surface area contributed by atoms with Crippen molar-refractivity contribution in [1.29, 1.82) is 0 Å².